The van der Waals surface area contributed by atoms with Crippen LogP contribution in [0.25, 0.3) is 0 Å². The van der Waals surface area contributed by atoms with Gasteiger partial charge in [0.25, 0.3) is 0 Å². The first-order chi connectivity index (χ1) is 13.0. The maximum absolute atomic E-state index is 13.3. The molecular weight excluding hydrogens is 340 g/mol. The first-order valence-corrected chi connectivity index (χ1v) is 10.3. The van der Waals surface area contributed by atoms with E-state index in [4.69, 9.17) is 4.74 Å². The molecule has 5 nitrogen and oxygen atoms in total. The van der Waals surface area contributed by atoms with Crippen molar-refractivity contribution < 1.29 is 14.3 Å². The second kappa shape index (κ2) is 7.53. The second-order valence-corrected chi connectivity index (χ2v) is 8.52. The van der Waals surface area contributed by atoms with E-state index in [0.717, 1.165) is 24.2 Å². The lowest BCUT2D eigenvalue weighted by atomic mass is 9.86. The highest BCUT2D eigenvalue weighted by Gasteiger charge is 2.40. The van der Waals surface area contributed by atoms with Crippen molar-refractivity contribution >= 4 is 11.8 Å². The number of benzene rings is 1. The van der Waals surface area contributed by atoms with Crippen LogP contribution < -0.4 is 4.74 Å². The summed E-state index contributed by atoms with van der Waals surface area (Å²) >= 11 is 0. The largest absolute Gasteiger partial charge is 0.493 e. The van der Waals surface area contributed by atoms with Crippen LogP contribution in [-0.2, 0) is 9.59 Å². The molecular formula is C22H30N2O3. The van der Waals surface area contributed by atoms with Crippen molar-refractivity contribution in [1.82, 2.24) is 9.80 Å². The van der Waals surface area contributed by atoms with Gasteiger partial charge in [-0.05, 0) is 31.7 Å². The van der Waals surface area contributed by atoms with Crippen molar-refractivity contribution in [2.24, 2.45) is 11.8 Å². The number of fused-ring (bicyclic) bond motifs is 3. The Morgan fingerprint density at radius 3 is 2.81 bits per heavy atom. The lowest BCUT2D eigenvalue weighted by Gasteiger charge is -2.44. The van der Waals surface area contributed by atoms with Gasteiger partial charge in [-0.2, -0.15) is 0 Å². The number of hydrogen-bond donors (Lipinski definition) is 0. The number of carbonyl (C=O) groups excluding carboxylic acids is 2. The van der Waals surface area contributed by atoms with E-state index in [1.54, 1.807) is 4.90 Å². The average molecular weight is 370 g/mol. The molecule has 1 aromatic rings. The van der Waals surface area contributed by atoms with Gasteiger partial charge in [-0.15, -0.1) is 0 Å². The van der Waals surface area contributed by atoms with E-state index >= 15 is 0 Å². The van der Waals surface area contributed by atoms with Crippen molar-refractivity contribution in [1.29, 1.82) is 0 Å². The minimum atomic E-state index is -0.00176. The Hall–Kier alpha value is -2.04. The molecule has 0 aromatic heterocycles. The Morgan fingerprint density at radius 1 is 1.26 bits per heavy atom. The predicted molar refractivity (Wildman–Crippen MR) is 103 cm³/mol. The monoisotopic (exact) mass is 370 g/mol. The number of nitrogens with zero attached hydrogens (tertiary/aromatic N) is 2. The average Bonchev–Trinajstić information content (AvgIpc) is 3.14. The van der Waals surface area contributed by atoms with Gasteiger partial charge in [0, 0.05) is 44.5 Å². The van der Waals surface area contributed by atoms with E-state index in [9.17, 15) is 9.59 Å². The molecule has 0 spiro atoms. The molecule has 5 heteroatoms. The predicted octanol–water partition coefficient (Wildman–Crippen LogP) is 3.32. The lowest BCUT2D eigenvalue weighted by Crippen LogP contribution is -2.50. The number of amides is 2. The number of carbonyl (C=O) groups is 2. The van der Waals surface area contributed by atoms with Crippen molar-refractivity contribution in [3.05, 3.63) is 29.3 Å². The highest BCUT2D eigenvalue weighted by atomic mass is 16.5. The molecule has 0 bridgehead atoms. The summed E-state index contributed by atoms with van der Waals surface area (Å²) in [6, 6.07) is 6.24. The fourth-order valence-electron chi connectivity index (χ4n) is 5.01. The zero-order valence-electron chi connectivity index (χ0n) is 16.4. The van der Waals surface area contributed by atoms with Crippen molar-refractivity contribution in [3.63, 3.8) is 0 Å². The standard InChI is InChI=1S/C22H30N2O3/c1-15-7-8-19-18(11-15)22-17(14-27-19)13-23(2)20(25)9-10-24(22)21(26)12-16-5-3-4-6-16/h7-8,11,16-17,22H,3-6,9-10,12-14H2,1-2H3/t17-,22-/m0/s1. The first-order valence-electron chi connectivity index (χ1n) is 10.3. The van der Waals surface area contributed by atoms with Gasteiger partial charge in [-0.3, -0.25) is 9.59 Å². The third-order valence-electron chi connectivity index (χ3n) is 6.48. The van der Waals surface area contributed by atoms with E-state index in [1.165, 1.54) is 18.4 Å². The molecule has 2 aliphatic heterocycles. The van der Waals surface area contributed by atoms with Crippen LogP contribution >= 0.6 is 0 Å². The second-order valence-electron chi connectivity index (χ2n) is 8.52. The van der Waals surface area contributed by atoms with Gasteiger partial charge in [0.15, 0.2) is 0 Å². The molecule has 0 N–H and O–H groups in total. The van der Waals surface area contributed by atoms with Crippen molar-refractivity contribution in [2.45, 2.75) is 51.5 Å². The molecule has 27 heavy (non-hydrogen) atoms. The lowest BCUT2D eigenvalue weighted by molar-refractivity contribution is -0.142. The fraction of sp³-hybridized carbons (Fsp3) is 0.636. The van der Waals surface area contributed by atoms with Crippen molar-refractivity contribution in [2.75, 3.05) is 26.7 Å². The van der Waals surface area contributed by atoms with E-state index in [1.807, 2.05) is 18.0 Å². The summed E-state index contributed by atoms with van der Waals surface area (Å²) in [5, 5.41) is 0. The van der Waals surface area contributed by atoms with Gasteiger partial charge >= 0.3 is 0 Å². The number of hydrogen-bond acceptors (Lipinski definition) is 3. The van der Waals surface area contributed by atoms with Crippen LogP contribution in [-0.4, -0.2) is 48.4 Å². The van der Waals surface area contributed by atoms with E-state index < -0.39 is 0 Å². The number of rotatable bonds is 2. The van der Waals surface area contributed by atoms with Gasteiger partial charge in [0.1, 0.15) is 5.75 Å². The quantitative estimate of drug-likeness (QED) is 0.802. The third kappa shape index (κ3) is 3.69. The molecule has 2 heterocycles. The Bertz CT molecular complexity index is 726. The third-order valence-corrected chi connectivity index (χ3v) is 6.48. The van der Waals surface area contributed by atoms with Crippen LogP contribution in [0.15, 0.2) is 18.2 Å². The molecule has 1 aliphatic carbocycles. The first kappa shape index (κ1) is 18.3. The Balaban J connectivity index is 1.67. The molecule has 1 saturated carbocycles. The van der Waals surface area contributed by atoms with E-state index in [0.29, 0.717) is 38.5 Å². The molecule has 1 aromatic carbocycles. The molecule has 2 amide bonds. The molecule has 2 fully saturated rings. The maximum atomic E-state index is 13.3. The molecule has 1 saturated heterocycles. The number of aryl methyl sites for hydroxylation is 1. The Morgan fingerprint density at radius 2 is 2.04 bits per heavy atom. The van der Waals surface area contributed by atoms with Crippen LogP contribution in [0.3, 0.4) is 0 Å². The molecule has 0 unspecified atom stereocenters. The molecule has 3 aliphatic rings. The van der Waals surface area contributed by atoms with Gasteiger partial charge < -0.3 is 14.5 Å². The molecule has 146 valence electrons. The highest BCUT2D eigenvalue weighted by molar-refractivity contribution is 5.80. The van der Waals surface area contributed by atoms with Gasteiger partial charge in [0.05, 0.1) is 12.6 Å². The van der Waals surface area contributed by atoms with E-state index in [-0.39, 0.29) is 23.8 Å². The van der Waals surface area contributed by atoms with Crippen molar-refractivity contribution in [3.8, 4) is 5.75 Å². The smallest absolute Gasteiger partial charge is 0.224 e. The van der Waals surface area contributed by atoms with Gasteiger partial charge in [-0.25, -0.2) is 0 Å². The minimum Gasteiger partial charge on any atom is -0.493 e. The van der Waals surface area contributed by atoms with Gasteiger partial charge in [-0.1, -0.05) is 30.5 Å². The summed E-state index contributed by atoms with van der Waals surface area (Å²) in [6.07, 6.45) is 5.82. The maximum Gasteiger partial charge on any atom is 0.224 e. The Kier molecular flexibility index (Phi) is 5.11. The summed E-state index contributed by atoms with van der Waals surface area (Å²) in [7, 11) is 1.86. The normalized spacial score (nSPS) is 26.1. The highest BCUT2D eigenvalue weighted by Crippen LogP contribution is 2.42. The molecule has 2 atom stereocenters. The van der Waals surface area contributed by atoms with Crippen LogP contribution in [0.5, 0.6) is 5.75 Å². The molecule has 0 radical (unpaired) electrons. The topological polar surface area (TPSA) is 49.9 Å². The Labute approximate surface area is 161 Å². The minimum absolute atomic E-state index is 0.00176. The van der Waals surface area contributed by atoms with Crippen LogP contribution in [0.2, 0.25) is 0 Å². The van der Waals surface area contributed by atoms with E-state index in [2.05, 4.69) is 19.1 Å². The summed E-state index contributed by atoms with van der Waals surface area (Å²) in [4.78, 5) is 29.5. The van der Waals surface area contributed by atoms with Crippen LogP contribution in [0, 0.1) is 18.8 Å². The summed E-state index contributed by atoms with van der Waals surface area (Å²) in [5.74, 6) is 1.83. The summed E-state index contributed by atoms with van der Waals surface area (Å²) in [6.45, 7) is 3.76. The van der Waals surface area contributed by atoms with Crippen LogP contribution in [0.4, 0.5) is 0 Å². The summed E-state index contributed by atoms with van der Waals surface area (Å²) < 4.78 is 6.01. The summed E-state index contributed by atoms with van der Waals surface area (Å²) in [5.41, 5.74) is 2.28. The fourth-order valence-corrected chi connectivity index (χ4v) is 5.01. The number of ether oxygens (including phenoxy) is 1. The molecule has 4 rings (SSSR count). The SMILES string of the molecule is Cc1ccc2c(c1)[C@@H]1[C@H](CO2)CN(C)C(=O)CCN1C(=O)CC1CCCC1. The van der Waals surface area contributed by atoms with Crippen LogP contribution in [0.1, 0.15) is 55.7 Å². The zero-order valence-corrected chi connectivity index (χ0v) is 16.4. The van der Waals surface area contributed by atoms with Gasteiger partial charge in [0.2, 0.25) is 11.8 Å². The zero-order chi connectivity index (χ0) is 19.0.